The minimum atomic E-state index is -0.647. The maximum Gasteiger partial charge on any atom is 0.410 e. The van der Waals surface area contributed by atoms with Gasteiger partial charge in [-0.3, -0.25) is 4.90 Å². The van der Waals surface area contributed by atoms with Crippen LogP contribution >= 0.6 is 15.9 Å². The summed E-state index contributed by atoms with van der Waals surface area (Å²) in [4.78, 5) is 16.3. The summed E-state index contributed by atoms with van der Waals surface area (Å²) in [5.41, 5.74) is 1.26. The highest BCUT2D eigenvalue weighted by Gasteiger charge is 2.26. The van der Waals surface area contributed by atoms with Crippen molar-refractivity contribution < 1.29 is 19.4 Å². The number of aliphatic hydroxyl groups excluding tert-OH is 1. The van der Waals surface area contributed by atoms with E-state index in [9.17, 15) is 9.90 Å². The maximum atomic E-state index is 12.3. The van der Waals surface area contributed by atoms with E-state index in [-0.39, 0.29) is 12.7 Å². The van der Waals surface area contributed by atoms with Crippen molar-refractivity contribution in [2.75, 3.05) is 39.3 Å². The highest BCUT2D eigenvalue weighted by atomic mass is 79.9. The Hall–Kier alpha value is -1.91. The van der Waals surface area contributed by atoms with E-state index in [0.29, 0.717) is 31.9 Å². The summed E-state index contributed by atoms with van der Waals surface area (Å²) in [6, 6.07) is 3.88. The first-order valence-electron chi connectivity index (χ1n) is 11.7. The van der Waals surface area contributed by atoms with Crippen molar-refractivity contribution in [2.24, 2.45) is 5.92 Å². The van der Waals surface area contributed by atoms with Crippen molar-refractivity contribution in [3.8, 4) is 5.75 Å². The Labute approximate surface area is 203 Å². The molecule has 0 spiro atoms. The van der Waals surface area contributed by atoms with Gasteiger partial charge in [-0.15, -0.1) is 5.10 Å². The highest BCUT2D eigenvalue weighted by Crippen LogP contribution is 2.34. The fourth-order valence-corrected chi connectivity index (χ4v) is 4.51. The van der Waals surface area contributed by atoms with Gasteiger partial charge in [0, 0.05) is 39.3 Å². The summed E-state index contributed by atoms with van der Waals surface area (Å²) in [6.07, 6.45) is 2.44. The number of aromatic nitrogens is 3. The van der Waals surface area contributed by atoms with Gasteiger partial charge in [-0.1, -0.05) is 5.21 Å². The molecule has 1 atom stereocenters. The molecule has 9 nitrogen and oxygen atoms in total. The molecule has 2 heterocycles. The largest absolute Gasteiger partial charge is 0.490 e. The molecule has 1 unspecified atom stereocenters. The highest BCUT2D eigenvalue weighted by molar-refractivity contribution is 9.10. The summed E-state index contributed by atoms with van der Waals surface area (Å²) < 4.78 is 14.1. The van der Waals surface area contributed by atoms with Gasteiger partial charge in [-0.2, -0.15) is 0 Å². The molecule has 1 aromatic heterocycles. The van der Waals surface area contributed by atoms with Gasteiger partial charge >= 0.3 is 6.09 Å². The van der Waals surface area contributed by atoms with Gasteiger partial charge in [0.05, 0.1) is 9.99 Å². The minimum Gasteiger partial charge on any atom is -0.490 e. The maximum absolute atomic E-state index is 12.3. The normalized spacial score (nSPS) is 18.9. The van der Waals surface area contributed by atoms with Gasteiger partial charge in [0.15, 0.2) is 0 Å². The smallest absolute Gasteiger partial charge is 0.410 e. The second-order valence-electron chi connectivity index (χ2n) is 10.0. The Balaban J connectivity index is 1.27. The van der Waals surface area contributed by atoms with E-state index in [2.05, 4.69) is 31.1 Å². The van der Waals surface area contributed by atoms with Crippen LogP contribution in [-0.4, -0.2) is 87.0 Å². The van der Waals surface area contributed by atoms with Crippen LogP contribution < -0.4 is 4.74 Å². The molecule has 1 aliphatic carbocycles. The number of ether oxygens (including phenoxy) is 2. The van der Waals surface area contributed by atoms with Crippen LogP contribution in [0.1, 0.15) is 40.0 Å². The Bertz CT molecular complexity index is 972. The van der Waals surface area contributed by atoms with Crippen LogP contribution in [-0.2, 0) is 11.3 Å². The average molecular weight is 524 g/mol. The molecular formula is C23H34BrN5O4. The molecule has 1 saturated heterocycles. The number of amides is 1. The fourth-order valence-electron chi connectivity index (χ4n) is 3.98. The van der Waals surface area contributed by atoms with Gasteiger partial charge in [0.2, 0.25) is 0 Å². The first kappa shape index (κ1) is 24.2. The van der Waals surface area contributed by atoms with Crippen molar-refractivity contribution in [3.05, 3.63) is 16.6 Å². The van der Waals surface area contributed by atoms with E-state index >= 15 is 0 Å². The number of carbonyl (C=O) groups excluding carboxylic acids is 1. The molecule has 2 fully saturated rings. The van der Waals surface area contributed by atoms with E-state index < -0.39 is 11.7 Å². The molecule has 2 aromatic rings. The third-order valence-electron chi connectivity index (χ3n) is 5.86. The molecule has 33 heavy (non-hydrogen) atoms. The van der Waals surface area contributed by atoms with Crippen LogP contribution in [0.4, 0.5) is 4.79 Å². The Morgan fingerprint density at radius 3 is 2.76 bits per heavy atom. The first-order chi connectivity index (χ1) is 15.7. The van der Waals surface area contributed by atoms with Gasteiger partial charge in [-0.25, -0.2) is 9.48 Å². The summed E-state index contributed by atoms with van der Waals surface area (Å²) in [5.74, 6) is 1.36. The number of β-amino-alcohol motifs (C(OH)–C–C–N with tert-alkyl or cyclic N) is 1. The number of rotatable bonds is 7. The predicted octanol–water partition coefficient (Wildman–Crippen LogP) is 3.29. The van der Waals surface area contributed by atoms with E-state index in [0.717, 1.165) is 40.9 Å². The van der Waals surface area contributed by atoms with E-state index in [4.69, 9.17) is 9.47 Å². The SMILES string of the molecule is CC(C)(C)OC(=O)N1CCCN(CC(O)COc2ccc3c(nnn3CC3CC3)c2Br)CC1. The molecule has 1 saturated carbocycles. The summed E-state index contributed by atoms with van der Waals surface area (Å²) in [5, 5.41) is 19.2. The lowest BCUT2D eigenvalue weighted by Crippen LogP contribution is -2.40. The second-order valence-corrected chi connectivity index (χ2v) is 10.8. The summed E-state index contributed by atoms with van der Waals surface area (Å²) in [6.45, 7) is 9.93. The minimum absolute atomic E-state index is 0.173. The lowest BCUT2D eigenvalue weighted by atomic mass is 10.2. The zero-order chi connectivity index (χ0) is 23.6. The number of hydrogen-bond acceptors (Lipinski definition) is 7. The van der Waals surface area contributed by atoms with Crippen LogP contribution in [0, 0.1) is 5.92 Å². The molecule has 182 valence electrons. The molecule has 10 heteroatoms. The third-order valence-corrected chi connectivity index (χ3v) is 6.63. The quantitative estimate of drug-likeness (QED) is 0.594. The molecule has 0 bridgehead atoms. The van der Waals surface area contributed by atoms with Crippen molar-refractivity contribution in [3.63, 3.8) is 0 Å². The topological polar surface area (TPSA) is 93.0 Å². The monoisotopic (exact) mass is 523 g/mol. The van der Waals surface area contributed by atoms with Crippen LogP contribution in [0.5, 0.6) is 5.75 Å². The number of carbonyl (C=O) groups is 1. The van der Waals surface area contributed by atoms with Gasteiger partial charge in [0.1, 0.15) is 29.6 Å². The molecule has 0 radical (unpaired) electrons. The molecule has 4 rings (SSSR count). The van der Waals surface area contributed by atoms with Crippen LogP contribution in [0.15, 0.2) is 16.6 Å². The first-order valence-corrected chi connectivity index (χ1v) is 12.5. The predicted molar refractivity (Wildman–Crippen MR) is 128 cm³/mol. The third kappa shape index (κ3) is 6.58. The van der Waals surface area contributed by atoms with Gasteiger partial charge in [-0.05, 0) is 74.0 Å². The molecular weight excluding hydrogens is 490 g/mol. The molecule has 1 amide bonds. The Morgan fingerprint density at radius 1 is 1.24 bits per heavy atom. The van der Waals surface area contributed by atoms with E-state index in [1.807, 2.05) is 37.6 Å². The summed E-state index contributed by atoms with van der Waals surface area (Å²) >= 11 is 3.59. The molecule has 1 aliphatic heterocycles. The van der Waals surface area contributed by atoms with E-state index in [1.165, 1.54) is 12.8 Å². The zero-order valence-corrected chi connectivity index (χ0v) is 21.3. The average Bonchev–Trinajstić information content (AvgIpc) is 3.50. The van der Waals surface area contributed by atoms with Crippen LogP contribution in [0.2, 0.25) is 0 Å². The van der Waals surface area contributed by atoms with Gasteiger partial charge < -0.3 is 19.5 Å². The van der Waals surface area contributed by atoms with Crippen LogP contribution in [0.25, 0.3) is 11.0 Å². The van der Waals surface area contributed by atoms with E-state index in [1.54, 1.807) is 4.90 Å². The Kier molecular flexibility index (Phi) is 7.45. The van der Waals surface area contributed by atoms with Crippen molar-refractivity contribution in [1.29, 1.82) is 0 Å². The van der Waals surface area contributed by atoms with Crippen molar-refractivity contribution >= 4 is 33.1 Å². The number of aliphatic hydroxyl groups is 1. The standard InChI is InChI=1S/C23H34BrN5O4/c1-23(2,3)33-22(31)28-10-4-9-27(11-12-28)14-17(30)15-32-19-8-7-18-21(20(19)24)25-26-29(18)13-16-5-6-16/h7-8,16-17,30H,4-6,9-15H2,1-3H3. The van der Waals surface area contributed by atoms with Gasteiger partial charge in [0.25, 0.3) is 0 Å². The Morgan fingerprint density at radius 2 is 2.03 bits per heavy atom. The molecule has 2 aliphatic rings. The zero-order valence-electron chi connectivity index (χ0n) is 19.7. The lowest BCUT2D eigenvalue weighted by Gasteiger charge is -2.27. The number of benzene rings is 1. The molecule has 1 aromatic carbocycles. The summed E-state index contributed by atoms with van der Waals surface area (Å²) in [7, 11) is 0. The fraction of sp³-hybridized carbons (Fsp3) is 0.696. The molecule has 1 N–H and O–H groups in total. The van der Waals surface area contributed by atoms with Crippen molar-refractivity contribution in [2.45, 2.75) is 58.3 Å². The second kappa shape index (κ2) is 10.1. The van der Waals surface area contributed by atoms with Crippen molar-refractivity contribution in [1.82, 2.24) is 24.8 Å². The lowest BCUT2D eigenvalue weighted by molar-refractivity contribution is 0.0252. The number of halogens is 1. The number of nitrogens with zero attached hydrogens (tertiary/aromatic N) is 5. The number of hydrogen-bond donors (Lipinski definition) is 1. The van der Waals surface area contributed by atoms with Crippen LogP contribution in [0.3, 0.4) is 0 Å². The number of fused-ring (bicyclic) bond motifs is 1.